The van der Waals surface area contributed by atoms with E-state index < -0.39 is 15.6 Å². The molecule has 1 aromatic rings. The van der Waals surface area contributed by atoms with Gasteiger partial charge in [-0.2, -0.15) is 0 Å². The molecule has 6 heteroatoms. The van der Waals surface area contributed by atoms with Crippen molar-refractivity contribution in [2.45, 2.75) is 44.6 Å². The third kappa shape index (κ3) is 5.00. The Kier molecular flexibility index (Phi) is 4.70. The van der Waals surface area contributed by atoms with Gasteiger partial charge in [0, 0.05) is 17.6 Å². The van der Waals surface area contributed by atoms with Gasteiger partial charge in [-0.3, -0.25) is 4.79 Å². The largest absolute Gasteiger partial charge is 0.326 e. The van der Waals surface area contributed by atoms with Crippen LogP contribution in [0.3, 0.4) is 0 Å². The van der Waals surface area contributed by atoms with Gasteiger partial charge in [0.25, 0.3) is 0 Å². The number of nitrogens with one attached hydrogen (secondary N) is 2. The van der Waals surface area contributed by atoms with Crippen LogP contribution in [0.25, 0.3) is 0 Å². The third-order valence-corrected chi connectivity index (χ3v) is 3.95. The van der Waals surface area contributed by atoms with Crippen LogP contribution in [-0.4, -0.2) is 19.9 Å². The summed E-state index contributed by atoms with van der Waals surface area (Å²) >= 11 is 0. The standard InChI is InChI=1S/C13H20N2O3S/c1-5-12(16)14-10-7-6-8-11(9-10)19(17,18)15-13(2,3)4/h6-9,15H,5H2,1-4H3,(H,14,16). The van der Waals surface area contributed by atoms with Gasteiger partial charge in [0.15, 0.2) is 0 Å². The fraction of sp³-hybridized carbons (Fsp3) is 0.462. The summed E-state index contributed by atoms with van der Waals surface area (Å²) in [6, 6.07) is 6.20. The Morgan fingerprint density at radius 2 is 1.89 bits per heavy atom. The molecule has 1 amide bonds. The predicted octanol–water partition coefficient (Wildman–Crippen LogP) is 2.11. The van der Waals surface area contributed by atoms with Gasteiger partial charge in [-0.1, -0.05) is 13.0 Å². The molecule has 0 unspecified atom stereocenters. The highest BCUT2D eigenvalue weighted by atomic mass is 32.2. The molecule has 0 atom stereocenters. The molecule has 106 valence electrons. The summed E-state index contributed by atoms with van der Waals surface area (Å²) in [6.45, 7) is 7.05. The summed E-state index contributed by atoms with van der Waals surface area (Å²) in [6.07, 6.45) is 0.344. The molecule has 2 N–H and O–H groups in total. The van der Waals surface area contributed by atoms with E-state index >= 15 is 0 Å². The van der Waals surface area contributed by atoms with Crippen LogP contribution in [0.4, 0.5) is 5.69 Å². The second-order valence-corrected chi connectivity index (χ2v) is 6.97. The molecule has 19 heavy (non-hydrogen) atoms. The molecule has 0 spiro atoms. The highest BCUT2D eigenvalue weighted by molar-refractivity contribution is 7.89. The van der Waals surface area contributed by atoms with Gasteiger partial charge in [-0.05, 0) is 39.0 Å². The van der Waals surface area contributed by atoms with Gasteiger partial charge < -0.3 is 5.32 Å². The van der Waals surface area contributed by atoms with Crippen LogP contribution in [-0.2, 0) is 14.8 Å². The molecule has 0 heterocycles. The topological polar surface area (TPSA) is 75.3 Å². The number of hydrogen-bond donors (Lipinski definition) is 2. The van der Waals surface area contributed by atoms with Crippen molar-refractivity contribution in [3.05, 3.63) is 24.3 Å². The Labute approximate surface area is 114 Å². The predicted molar refractivity (Wildman–Crippen MR) is 75.4 cm³/mol. The monoisotopic (exact) mass is 284 g/mol. The van der Waals surface area contributed by atoms with E-state index in [0.717, 1.165) is 0 Å². The number of hydrogen-bond acceptors (Lipinski definition) is 3. The molecule has 0 bridgehead atoms. The van der Waals surface area contributed by atoms with E-state index in [4.69, 9.17) is 0 Å². The van der Waals surface area contributed by atoms with Gasteiger partial charge in [0.05, 0.1) is 4.90 Å². The molecule has 0 aliphatic rings. The van der Waals surface area contributed by atoms with Crippen molar-refractivity contribution in [2.75, 3.05) is 5.32 Å². The smallest absolute Gasteiger partial charge is 0.241 e. The fourth-order valence-corrected chi connectivity index (χ4v) is 2.92. The molecular formula is C13H20N2O3S. The zero-order valence-electron chi connectivity index (χ0n) is 11.6. The van der Waals surface area contributed by atoms with E-state index in [0.29, 0.717) is 12.1 Å². The summed E-state index contributed by atoms with van der Waals surface area (Å²) in [5.74, 6) is -0.154. The lowest BCUT2D eigenvalue weighted by atomic mass is 10.1. The summed E-state index contributed by atoms with van der Waals surface area (Å²) in [4.78, 5) is 11.4. The number of anilines is 1. The molecule has 0 aliphatic heterocycles. The second kappa shape index (κ2) is 5.71. The summed E-state index contributed by atoms with van der Waals surface area (Å²) in [5.41, 5.74) is -0.0785. The van der Waals surface area contributed by atoms with Crippen molar-refractivity contribution in [1.82, 2.24) is 4.72 Å². The highest BCUT2D eigenvalue weighted by Gasteiger charge is 2.22. The molecule has 0 aromatic heterocycles. The SMILES string of the molecule is CCC(=O)Nc1cccc(S(=O)(=O)NC(C)(C)C)c1. The number of sulfonamides is 1. The van der Waals surface area contributed by atoms with E-state index in [1.54, 1.807) is 39.8 Å². The maximum Gasteiger partial charge on any atom is 0.241 e. The molecule has 5 nitrogen and oxygen atoms in total. The molecule has 0 saturated heterocycles. The Morgan fingerprint density at radius 1 is 1.26 bits per heavy atom. The first-order chi connectivity index (χ1) is 8.64. The second-order valence-electron chi connectivity index (χ2n) is 5.29. The normalized spacial score (nSPS) is 12.2. The van der Waals surface area contributed by atoms with Crippen LogP contribution in [0, 0.1) is 0 Å². The summed E-state index contributed by atoms with van der Waals surface area (Å²) < 4.78 is 26.8. The molecular weight excluding hydrogens is 264 g/mol. The third-order valence-electron chi connectivity index (χ3n) is 2.19. The van der Waals surface area contributed by atoms with E-state index in [9.17, 15) is 13.2 Å². The van der Waals surface area contributed by atoms with Gasteiger partial charge in [-0.15, -0.1) is 0 Å². The number of amides is 1. The van der Waals surface area contributed by atoms with Crippen LogP contribution in [0.1, 0.15) is 34.1 Å². The van der Waals surface area contributed by atoms with Gasteiger partial charge >= 0.3 is 0 Å². The fourth-order valence-electron chi connectivity index (χ4n) is 1.45. The maximum atomic E-state index is 12.1. The average molecular weight is 284 g/mol. The van der Waals surface area contributed by atoms with Crippen molar-refractivity contribution >= 4 is 21.6 Å². The van der Waals surface area contributed by atoms with Crippen molar-refractivity contribution < 1.29 is 13.2 Å². The number of carbonyl (C=O) groups is 1. The Hall–Kier alpha value is -1.40. The van der Waals surface area contributed by atoms with E-state index in [1.165, 1.54) is 12.1 Å². The molecule has 0 aliphatic carbocycles. The average Bonchev–Trinajstić information content (AvgIpc) is 2.26. The number of carbonyl (C=O) groups excluding carboxylic acids is 1. The van der Waals surface area contributed by atoms with Crippen molar-refractivity contribution in [3.8, 4) is 0 Å². The van der Waals surface area contributed by atoms with E-state index in [-0.39, 0.29) is 10.8 Å². The quantitative estimate of drug-likeness (QED) is 0.889. The molecule has 1 rings (SSSR count). The number of rotatable bonds is 4. The Bertz CT molecular complexity index is 559. The Morgan fingerprint density at radius 3 is 2.42 bits per heavy atom. The first-order valence-electron chi connectivity index (χ1n) is 6.08. The summed E-state index contributed by atoms with van der Waals surface area (Å²) in [5, 5.41) is 2.64. The van der Waals surface area contributed by atoms with Crippen molar-refractivity contribution in [3.63, 3.8) is 0 Å². The minimum atomic E-state index is -3.58. The number of benzene rings is 1. The van der Waals surface area contributed by atoms with Crippen LogP contribution >= 0.6 is 0 Å². The van der Waals surface area contributed by atoms with Gasteiger partial charge in [0.2, 0.25) is 15.9 Å². The zero-order chi connectivity index (χ0) is 14.7. The van der Waals surface area contributed by atoms with Gasteiger partial charge in [-0.25, -0.2) is 13.1 Å². The molecule has 0 fully saturated rings. The van der Waals surface area contributed by atoms with Crippen LogP contribution in [0.15, 0.2) is 29.2 Å². The lowest BCUT2D eigenvalue weighted by Crippen LogP contribution is -2.40. The zero-order valence-corrected chi connectivity index (χ0v) is 12.5. The minimum Gasteiger partial charge on any atom is -0.326 e. The van der Waals surface area contributed by atoms with Crippen molar-refractivity contribution in [2.24, 2.45) is 0 Å². The highest BCUT2D eigenvalue weighted by Crippen LogP contribution is 2.17. The van der Waals surface area contributed by atoms with Gasteiger partial charge in [0.1, 0.15) is 0 Å². The van der Waals surface area contributed by atoms with Crippen molar-refractivity contribution in [1.29, 1.82) is 0 Å². The van der Waals surface area contributed by atoms with E-state index in [1.807, 2.05) is 0 Å². The van der Waals surface area contributed by atoms with Crippen LogP contribution < -0.4 is 10.0 Å². The minimum absolute atomic E-state index is 0.135. The molecule has 0 saturated carbocycles. The Balaban J connectivity index is 3.02. The molecule has 0 radical (unpaired) electrons. The van der Waals surface area contributed by atoms with Crippen LogP contribution in [0.2, 0.25) is 0 Å². The first-order valence-corrected chi connectivity index (χ1v) is 7.56. The lowest BCUT2D eigenvalue weighted by molar-refractivity contribution is -0.115. The first kappa shape index (κ1) is 15.7. The molecule has 1 aromatic carbocycles. The summed E-state index contributed by atoms with van der Waals surface area (Å²) in [7, 11) is -3.58. The lowest BCUT2D eigenvalue weighted by Gasteiger charge is -2.20. The maximum absolute atomic E-state index is 12.1. The van der Waals surface area contributed by atoms with Crippen LogP contribution in [0.5, 0.6) is 0 Å². The van der Waals surface area contributed by atoms with E-state index in [2.05, 4.69) is 10.0 Å².